The molecule has 3 N–H and O–H groups in total. The highest BCUT2D eigenvalue weighted by atomic mass is 16.5. The number of rotatable bonds is 9. The molecular weight excluding hydrogens is 360 g/mol. The van der Waals surface area contributed by atoms with E-state index in [4.69, 9.17) is 14.6 Å². The topological polar surface area (TPSA) is 96.2 Å². The lowest BCUT2D eigenvalue weighted by Gasteiger charge is -2.26. The van der Waals surface area contributed by atoms with E-state index < -0.39 is 17.7 Å². The third-order valence-corrected chi connectivity index (χ3v) is 4.31. The van der Waals surface area contributed by atoms with Crippen LogP contribution in [0.5, 0.6) is 11.5 Å². The molecule has 0 bridgehead atoms. The summed E-state index contributed by atoms with van der Waals surface area (Å²) in [6.45, 7) is 3.29. The Morgan fingerprint density at radius 1 is 1.18 bits per heavy atom. The summed E-state index contributed by atoms with van der Waals surface area (Å²) in [6, 6.07) is 12.9. The second kappa shape index (κ2) is 9.39. The van der Waals surface area contributed by atoms with Crippen molar-refractivity contribution in [3.63, 3.8) is 0 Å². The molecule has 0 spiro atoms. The van der Waals surface area contributed by atoms with Gasteiger partial charge in [-0.05, 0) is 37.6 Å². The number of aliphatic carboxylic acids is 1. The van der Waals surface area contributed by atoms with E-state index in [9.17, 15) is 15.0 Å². The standard InChI is InChI=1S/C22H26O6/c1-22(2,26)19(23)13-17-18(27-3)11-9-16(10-12-20(24)25)21(17)28-14-15-7-5-4-6-8-15/h4-12,19,23,26H,13-14H2,1-3H3,(H,24,25)/b12-10-. The quantitative estimate of drug-likeness (QED) is 0.573. The van der Waals surface area contributed by atoms with Gasteiger partial charge in [-0.3, -0.25) is 0 Å². The average Bonchev–Trinajstić information content (AvgIpc) is 2.65. The molecule has 2 aromatic carbocycles. The Kier molecular flexibility index (Phi) is 7.20. The lowest BCUT2D eigenvalue weighted by Crippen LogP contribution is -2.37. The first kappa shape index (κ1) is 21.5. The van der Waals surface area contributed by atoms with E-state index in [2.05, 4.69) is 0 Å². The van der Waals surface area contributed by atoms with Crippen LogP contribution in [0.25, 0.3) is 6.08 Å². The third kappa shape index (κ3) is 5.84. The number of aliphatic hydroxyl groups excluding tert-OH is 1. The molecule has 0 heterocycles. The number of methoxy groups -OCH3 is 1. The molecule has 0 radical (unpaired) electrons. The van der Waals surface area contributed by atoms with Crippen molar-refractivity contribution in [3.8, 4) is 11.5 Å². The highest BCUT2D eigenvalue weighted by molar-refractivity contribution is 5.86. The first-order chi connectivity index (χ1) is 13.2. The van der Waals surface area contributed by atoms with Crippen LogP contribution in [-0.2, 0) is 17.8 Å². The van der Waals surface area contributed by atoms with Crippen LogP contribution in [0, 0.1) is 0 Å². The van der Waals surface area contributed by atoms with Crippen LogP contribution in [0.1, 0.15) is 30.5 Å². The molecule has 0 aliphatic rings. The van der Waals surface area contributed by atoms with Crippen molar-refractivity contribution in [2.24, 2.45) is 0 Å². The first-order valence-corrected chi connectivity index (χ1v) is 8.90. The van der Waals surface area contributed by atoms with Crippen LogP contribution >= 0.6 is 0 Å². The van der Waals surface area contributed by atoms with Crippen molar-refractivity contribution >= 4 is 12.0 Å². The Hall–Kier alpha value is -2.83. The summed E-state index contributed by atoms with van der Waals surface area (Å²) in [6.07, 6.45) is 1.46. The van der Waals surface area contributed by atoms with Crippen molar-refractivity contribution < 1.29 is 29.6 Å². The van der Waals surface area contributed by atoms with Gasteiger partial charge < -0.3 is 24.8 Å². The minimum atomic E-state index is -1.32. The maximum Gasteiger partial charge on any atom is 0.328 e. The summed E-state index contributed by atoms with van der Waals surface area (Å²) in [4.78, 5) is 11.0. The van der Waals surface area contributed by atoms with Gasteiger partial charge in [0.1, 0.15) is 18.1 Å². The maximum atomic E-state index is 11.0. The molecule has 2 rings (SSSR count). The molecule has 28 heavy (non-hydrogen) atoms. The van der Waals surface area contributed by atoms with Crippen LogP contribution in [0.2, 0.25) is 0 Å². The van der Waals surface area contributed by atoms with Gasteiger partial charge in [-0.25, -0.2) is 4.79 Å². The molecule has 0 amide bonds. The summed E-state index contributed by atoms with van der Waals surface area (Å²) in [5, 5.41) is 29.5. The molecule has 150 valence electrons. The Morgan fingerprint density at radius 3 is 2.43 bits per heavy atom. The van der Waals surface area contributed by atoms with Gasteiger partial charge in [-0.15, -0.1) is 0 Å². The Morgan fingerprint density at radius 2 is 1.86 bits per heavy atom. The lowest BCUT2D eigenvalue weighted by molar-refractivity contribution is -0.131. The molecule has 0 fully saturated rings. The third-order valence-electron chi connectivity index (χ3n) is 4.31. The van der Waals surface area contributed by atoms with Gasteiger partial charge in [0.25, 0.3) is 0 Å². The molecule has 0 aliphatic heterocycles. The summed E-state index contributed by atoms with van der Waals surface area (Å²) < 4.78 is 11.4. The fraction of sp³-hybridized carbons (Fsp3) is 0.318. The van der Waals surface area contributed by atoms with Crippen molar-refractivity contribution in [1.82, 2.24) is 0 Å². The van der Waals surface area contributed by atoms with E-state index in [1.165, 1.54) is 27.0 Å². The van der Waals surface area contributed by atoms with Crippen molar-refractivity contribution in [1.29, 1.82) is 0 Å². The molecule has 0 saturated heterocycles. The fourth-order valence-electron chi connectivity index (χ4n) is 2.65. The molecular formula is C22H26O6. The Bertz CT molecular complexity index is 821. The number of carbonyl (C=O) groups is 1. The van der Waals surface area contributed by atoms with E-state index in [1.54, 1.807) is 12.1 Å². The monoisotopic (exact) mass is 386 g/mol. The number of ether oxygens (including phenoxy) is 2. The van der Waals surface area contributed by atoms with Crippen LogP contribution in [0.15, 0.2) is 48.5 Å². The van der Waals surface area contributed by atoms with Gasteiger partial charge >= 0.3 is 5.97 Å². The van der Waals surface area contributed by atoms with Gasteiger partial charge in [-0.1, -0.05) is 30.3 Å². The summed E-state index contributed by atoms with van der Waals surface area (Å²) in [5.74, 6) is -0.189. The number of aliphatic hydroxyl groups is 2. The van der Waals surface area contributed by atoms with Crippen LogP contribution < -0.4 is 9.47 Å². The highest BCUT2D eigenvalue weighted by Crippen LogP contribution is 2.36. The zero-order valence-corrected chi connectivity index (χ0v) is 16.3. The van der Waals surface area contributed by atoms with Gasteiger partial charge in [0.2, 0.25) is 0 Å². The molecule has 1 unspecified atom stereocenters. The molecule has 6 heteroatoms. The summed E-state index contributed by atoms with van der Waals surface area (Å²) >= 11 is 0. The smallest absolute Gasteiger partial charge is 0.328 e. The largest absolute Gasteiger partial charge is 0.496 e. The SMILES string of the molecule is COc1ccc(/C=C\C(=O)O)c(OCc2ccccc2)c1CC(O)C(C)(C)O. The summed E-state index contributed by atoms with van der Waals surface area (Å²) in [7, 11) is 1.50. The molecule has 0 aromatic heterocycles. The van der Waals surface area contributed by atoms with Crippen molar-refractivity contribution in [2.45, 2.75) is 38.6 Å². The number of benzene rings is 2. The molecule has 1 atom stereocenters. The van der Waals surface area contributed by atoms with E-state index >= 15 is 0 Å². The predicted molar refractivity (Wildman–Crippen MR) is 106 cm³/mol. The van der Waals surface area contributed by atoms with Crippen LogP contribution in [0.3, 0.4) is 0 Å². The van der Waals surface area contributed by atoms with Crippen LogP contribution in [-0.4, -0.2) is 40.1 Å². The number of carboxylic acid groups (broad SMARTS) is 1. The van der Waals surface area contributed by atoms with E-state index in [0.29, 0.717) is 22.6 Å². The zero-order valence-electron chi connectivity index (χ0n) is 16.3. The number of hydrogen-bond donors (Lipinski definition) is 3. The number of hydrogen-bond acceptors (Lipinski definition) is 5. The van der Waals surface area contributed by atoms with Crippen molar-refractivity contribution in [2.75, 3.05) is 7.11 Å². The minimum absolute atomic E-state index is 0.0749. The van der Waals surface area contributed by atoms with Gasteiger partial charge in [0.15, 0.2) is 0 Å². The van der Waals surface area contributed by atoms with Gasteiger partial charge in [0, 0.05) is 23.6 Å². The molecule has 0 aliphatic carbocycles. The normalized spacial score (nSPS) is 12.8. The predicted octanol–water partition coefficient (Wildman–Crippen LogP) is 3.05. The minimum Gasteiger partial charge on any atom is -0.496 e. The molecule has 2 aromatic rings. The van der Waals surface area contributed by atoms with Gasteiger partial charge in [0.05, 0.1) is 18.8 Å². The highest BCUT2D eigenvalue weighted by Gasteiger charge is 2.28. The second-order valence-electron chi connectivity index (χ2n) is 6.98. The van der Waals surface area contributed by atoms with Crippen LogP contribution in [0.4, 0.5) is 0 Å². The maximum absolute atomic E-state index is 11.0. The molecule has 0 saturated carbocycles. The zero-order chi connectivity index (χ0) is 20.7. The fourth-order valence-corrected chi connectivity index (χ4v) is 2.65. The lowest BCUT2D eigenvalue weighted by atomic mass is 9.93. The van der Waals surface area contributed by atoms with E-state index in [-0.39, 0.29) is 13.0 Å². The Balaban J connectivity index is 2.48. The number of carboxylic acids is 1. The van der Waals surface area contributed by atoms with E-state index in [1.807, 2.05) is 30.3 Å². The Labute approximate surface area is 164 Å². The second-order valence-corrected chi connectivity index (χ2v) is 6.98. The first-order valence-electron chi connectivity index (χ1n) is 8.90. The summed E-state index contributed by atoms with van der Waals surface area (Å²) in [5.41, 5.74) is 0.708. The van der Waals surface area contributed by atoms with E-state index in [0.717, 1.165) is 11.6 Å². The van der Waals surface area contributed by atoms with Gasteiger partial charge in [-0.2, -0.15) is 0 Å². The average molecular weight is 386 g/mol. The van der Waals surface area contributed by atoms with Crippen molar-refractivity contribution in [3.05, 3.63) is 65.2 Å². The molecule has 6 nitrogen and oxygen atoms in total.